The Morgan fingerprint density at radius 3 is 2.31 bits per heavy atom. The maximum absolute atomic E-state index is 11.2. The highest BCUT2D eigenvalue weighted by molar-refractivity contribution is 5.74. The summed E-state index contributed by atoms with van der Waals surface area (Å²) in [4.78, 5) is 11.2. The summed E-state index contributed by atoms with van der Waals surface area (Å²) in [5, 5.41) is 9.17. The molecule has 88 valence electrons. The fraction of sp³-hybridized carbons (Fsp3) is 0.462. The van der Waals surface area contributed by atoms with Crippen molar-refractivity contribution in [2.24, 2.45) is 5.41 Å². The fourth-order valence-electron chi connectivity index (χ4n) is 1.55. The molecular weight excluding hydrogens is 204 g/mol. The van der Waals surface area contributed by atoms with E-state index in [4.69, 9.17) is 9.84 Å². The van der Waals surface area contributed by atoms with Crippen LogP contribution in [0.15, 0.2) is 24.3 Å². The Balaban J connectivity index is 2.82. The number of aliphatic carboxylic acids is 1. The number of carboxylic acids is 1. The van der Waals surface area contributed by atoms with E-state index in [0.717, 1.165) is 11.3 Å². The number of ether oxygens (including phenoxy) is 1. The highest BCUT2D eigenvalue weighted by Crippen LogP contribution is 2.27. The molecule has 0 aromatic heterocycles. The average Bonchev–Trinajstić information content (AvgIpc) is 2.29. The molecule has 1 atom stereocenters. The van der Waals surface area contributed by atoms with Gasteiger partial charge in [0.15, 0.2) is 0 Å². The fourth-order valence-corrected chi connectivity index (χ4v) is 1.55. The summed E-state index contributed by atoms with van der Waals surface area (Å²) >= 11 is 0. The van der Waals surface area contributed by atoms with Crippen LogP contribution in [0.2, 0.25) is 0 Å². The maximum Gasteiger partial charge on any atom is 0.309 e. The standard InChI is InChI=1S/C13H18O3/c1-4-13(2,12(14)15)9-10-5-7-11(16-3)8-6-10/h5-8H,4,9H2,1-3H3,(H,14,15). The molecule has 0 amide bonds. The Kier molecular flexibility index (Phi) is 3.93. The van der Waals surface area contributed by atoms with Crippen LogP contribution >= 0.6 is 0 Å². The van der Waals surface area contributed by atoms with Crippen molar-refractivity contribution >= 4 is 5.97 Å². The van der Waals surface area contributed by atoms with Crippen LogP contribution in [0.25, 0.3) is 0 Å². The van der Waals surface area contributed by atoms with Gasteiger partial charge in [0.2, 0.25) is 0 Å². The van der Waals surface area contributed by atoms with Gasteiger partial charge >= 0.3 is 5.97 Å². The zero-order valence-electron chi connectivity index (χ0n) is 9.99. The summed E-state index contributed by atoms with van der Waals surface area (Å²) in [5.41, 5.74) is 0.335. The van der Waals surface area contributed by atoms with Crippen molar-refractivity contribution < 1.29 is 14.6 Å². The molecule has 0 spiro atoms. The third-order valence-corrected chi connectivity index (χ3v) is 3.05. The number of methoxy groups -OCH3 is 1. The number of rotatable bonds is 5. The van der Waals surface area contributed by atoms with Gasteiger partial charge in [-0.25, -0.2) is 0 Å². The van der Waals surface area contributed by atoms with Crippen LogP contribution in [0, 0.1) is 5.41 Å². The van der Waals surface area contributed by atoms with Crippen molar-refractivity contribution in [2.75, 3.05) is 7.11 Å². The van der Waals surface area contributed by atoms with Gasteiger partial charge in [0.25, 0.3) is 0 Å². The summed E-state index contributed by atoms with van der Waals surface area (Å²) in [5.74, 6) is 0.0445. The number of hydrogen-bond donors (Lipinski definition) is 1. The average molecular weight is 222 g/mol. The molecular formula is C13H18O3. The van der Waals surface area contributed by atoms with E-state index < -0.39 is 11.4 Å². The van der Waals surface area contributed by atoms with E-state index in [1.54, 1.807) is 14.0 Å². The molecule has 0 saturated heterocycles. The van der Waals surface area contributed by atoms with E-state index in [9.17, 15) is 4.79 Å². The van der Waals surface area contributed by atoms with E-state index in [1.807, 2.05) is 31.2 Å². The lowest BCUT2D eigenvalue weighted by atomic mass is 9.81. The minimum absolute atomic E-state index is 0.544. The van der Waals surface area contributed by atoms with Gasteiger partial charge in [0, 0.05) is 0 Å². The Bertz CT molecular complexity index is 356. The molecule has 0 aliphatic rings. The molecule has 1 aromatic carbocycles. The van der Waals surface area contributed by atoms with Gasteiger partial charge in [-0.05, 0) is 37.5 Å². The second-order valence-corrected chi connectivity index (χ2v) is 4.24. The summed E-state index contributed by atoms with van der Waals surface area (Å²) in [6.45, 7) is 3.68. The number of carbonyl (C=O) groups is 1. The van der Waals surface area contributed by atoms with Crippen LogP contribution in [-0.2, 0) is 11.2 Å². The van der Waals surface area contributed by atoms with Gasteiger partial charge in [-0.15, -0.1) is 0 Å². The number of carboxylic acid groups (broad SMARTS) is 1. The molecule has 0 aliphatic heterocycles. The van der Waals surface area contributed by atoms with Crippen LogP contribution in [0.3, 0.4) is 0 Å². The van der Waals surface area contributed by atoms with E-state index in [0.29, 0.717) is 12.8 Å². The molecule has 0 aliphatic carbocycles. The van der Waals surface area contributed by atoms with E-state index in [-0.39, 0.29) is 0 Å². The lowest BCUT2D eigenvalue weighted by Gasteiger charge is -2.22. The maximum atomic E-state index is 11.2. The predicted molar refractivity (Wildman–Crippen MR) is 62.7 cm³/mol. The van der Waals surface area contributed by atoms with Crippen LogP contribution in [0.1, 0.15) is 25.8 Å². The lowest BCUT2D eigenvalue weighted by molar-refractivity contribution is -0.148. The van der Waals surface area contributed by atoms with Gasteiger partial charge in [-0.1, -0.05) is 19.1 Å². The molecule has 0 bridgehead atoms. The van der Waals surface area contributed by atoms with Gasteiger partial charge in [-0.3, -0.25) is 4.79 Å². The lowest BCUT2D eigenvalue weighted by Crippen LogP contribution is -2.29. The highest BCUT2D eigenvalue weighted by Gasteiger charge is 2.31. The molecule has 0 radical (unpaired) electrons. The van der Waals surface area contributed by atoms with Crippen molar-refractivity contribution in [3.05, 3.63) is 29.8 Å². The Labute approximate surface area is 96.1 Å². The van der Waals surface area contributed by atoms with Crippen molar-refractivity contribution in [3.63, 3.8) is 0 Å². The molecule has 0 fully saturated rings. The SMILES string of the molecule is CCC(C)(Cc1ccc(OC)cc1)C(=O)O. The first kappa shape index (κ1) is 12.6. The molecule has 1 unspecified atom stereocenters. The summed E-state index contributed by atoms with van der Waals surface area (Å²) in [6, 6.07) is 7.53. The molecule has 1 aromatic rings. The zero-order valence-corrected chi connectivity index (χ0v) is 9.99. The first-order valence-electron chi connectivity index (χ1n) is 5.38. The van der Waals surface area contributed by atoms with Gasteiger partial charge in [0.1, 0.15) is 5.75 Å². The molecule has 1 N–H and O–H groups in total. The zero-order chi connectivity index (χ0) is 12.2. The van der Waals surface area contributed by atoms with Crippen LogP contribution in [0.5, 0.6) is 5.75 Å². The largest absolute Gasteiger partial charge is 0.497 e. The Morgan fingerprint density at radius 2 is 1.94 bits per heavy atom. The van der Waals surface area contributed by atoms with Crippen molar-refractivity contribution in [1.29, 1.82) is 0 Å². The van der Waals surface area contributed by atoms with E-state index >= 15 is 0 Å². The van der Waals surface area contributed by atoms with Crippen molar-refractivity contribution in [1.82, 2.24) is 0 Å². The topological polar surface area (TPSA) is 46.5 Å². The van der Waals surface area contributed by atoms with Gasteiger partial charge in [-0.2, -0.15) is 0 Å². The summed E-state index contributed by atoms with van der Waals surface area (Å²) < 4.78 is 5.06. The Hall–Kier alpha value is -1.51. The van der Waals surface area contributed by atoms with Crippen molar-refractivity contribution in [3.8, 4) is 5.75 Å². The highest BCUT2D eigenvalue weighted by atomic mass is 16.5. The second-order valence-electron chi connectivity index (χ2n) is 4.24. The molecule has 0 saturated carbocycles. The predicted octanol–water partition coefficient (Wildman–Crippen LogP) is 2.74. The second kappa shape index (κ2) is 5.01. The van der Waals surface area contributed by atoms with E-state index in [1.165, 1.54) is 0 Å². The van der Waals surface area contributed by atoms with Crippen LogP contribution in [0.4, 0.5) is 0 Å². The van der Waals surface area contributed by atoms with Crippen LogP contribution < -0.4 is 4.74 Å². The van der Waals surface area contributed by atoms with Gasteiger partial charge < -0.3 is 9.84 Å². The third-order valence-electron chi connectivity index (χ3n) is 3.05. The minimum atomic E-state index is -0.745. The molecule has 1 rings (SSSR count). The van der Waals surface area contributed by atoms with Crippen LogP contribution in [-0.4, -0.2) is 18.2 Å². The normalized spacial score (nSPS) is 14.2. The first-order valence-corrected chi connectivity index (χ1v) is 5.38. The smallest absolute Gasteiger partial charge is 0.309 e. The van der Waals surface area contributed by atoms with E-state index in [2.05, 4.69) is 0 Å². The molecule has 0 heterocycles. The molecule has 16 heavy (non-hydrogen) atoms. The summed E-state index contributed by atoms with van der Waals surface area (Å²) in [7, 11) is 1.61. The summed E-state index contributed by atoms with van der Waals surface area (Å²) in [6.07, 6.45) is 1.16. The van der Waals surface area contributed by atoms with Gasteiger partial charge in [0.05, 0.1) is 12.5 Å². The van der Waals surface area contributed by atoms with Crippen molar-refractivity contribution in [2.45, 2.75) is 26.7 Å². The third kappa shape index (κ3) is 2.75. The monoisotopic (exact) mass is 222 g/mol. The molecule has 3 nitrogen and oxygen atoms in total. The first-order chi connectivity index (χ1) is 7.51. The molecule has 3 heteroatoms. The number of benzene rings is 1. The Morgan fingerprint density at radius 1 is 1.38 bits per heavy atom. The quantitative estimate of drug-likeness (QED) is 0.833. The number of hydrogen-bond acceptors (Lipinski definition) is 2. The minimum Gasteiger partial charge on any atom is -0.497 e.